The average Bonchev–Trinajstić information content (AvgIpc) is 2.91. The van der Waals surface area contributed by atoms with Gasteiger partial charge in [-0.05, 0) is 60.0 Å². The second-order valence-corrected chi connectivity index (χ2v) is 8.78. The highest BCUT2D eigenvalue weighted by atomic mass is 16.5. The Morgan fingerprint density at radius 2 is 1.74 bits per heavy atom. The van der Waals surface area contributed by atoms with E-state index in [1.807, 2.05) is 30.3 Å². The summed E-state index contributed by atoms with van der Waals surface area (Å²) in [5.41, 5.74) is 4.56. The first kappa shape index (κ1) is 22.1. The van der Waals surface area contributed by atoms with Crippen LogP contribution in [0.5, 0.6) is 11.5 Å². The van der Waals surface area contributed by atoms with Crippen molar-refractivity contribution >= 4 is 17.3 Å². The van der Waals surface area contributed by atoms with Crippen molar-refractivity contribution < 1.29 is 14.3 Å². The third-order valence-corrected chi connectivity index (χ3v) is 6.92. The fourth-order valence-corrected chi connectivity index (χ4v) is 5.05. The number of carbonyl (C=O) groups is 1. The maximum absolute atomic E-state index is 13.5. The number of ether oxygens (including phenoxy) is 2. The van der Waals surface area contributed by atoms with Gasteiger partial charge in [-0.2, -0.15) is 0 Å². The van der Waals surface area contributed by atoms with Gasteiger partial charge in [0.2, 0.25) is 5.91 Å². The summed E-state index contributed by atoms with van der Waals surface area (Å²) < 4.78 is 10.8. The molecule has 0 saturated carbocycles. The van der Waals surface area contributed by atoms with Gasteiger partial charge in [0, 0.05) is 56.0 Å². The van der Waals surface area contributed by atoms with Crippen LogP contribution in [-0.4, -0.2) is 50.8 Å². The Labute approximate surface area is 200 Å². The topological polar surface area (TPSA) is 66.9 Å². The van der Waals surface area contributed by atoms with Crippen LogP contribution in [-0.2, 0) is 17.8 Å². The number of fused-ring (bicyclic) bond motifs is 3. The minimum absolute atomic E-state index is 0.0629. The van der Waals surface area contributed by atoms with Gasteiger partial charge in [-0.3, -0.25) is 9.78 Å². The van der Waals surface area contributed by atoms with Gasteiger partial charge in [-0.1, -0.05) is 6.07 Å². The number of hydrogen-bond acceptors (Lipinski definition) is 6. The van der Waals surface area contributed by atoms with E-state index in [4.69, 9.17) is 9.47 Å². The molecule has 0 bridgehead atoms. The van der Waals surface area contributed by atoms with E-state index in [1.165, 1.54) is 11.3 Å². The third kappa shape index (κ3) is 4.38. The number of rotatable bonds is 6. The maximum atomic E-state index is 13.5. The summed E-state index contributed by atoms with van der Waals surface area (Å²) >= 11 is 0. The van der Waals surface area contributed by atoms with Gasteiger partial charge in [0.15, 0.2) is 0 Å². The second kappa shape index (κ2) is 9.63. The van der Waals surface area contributed by atoms with E-state index in [9.17, 15) is 4.79 Å². The summed E-state index contributed by atoms with van der Waals surface area (Å²) in [6.45, 7) is 2.99. The zero-order valence-corrected chi connectivity index (χ0v) is 19.6. The fraction of sp³-hybridized carbons (Fsp3) is 0.333. The lowest BCUT2D eigenvalue weighted by molar-refractivity contribution is -0.126. The smallest absolute Gasteiger partial charge is 0.225 e. The van der Waals surface area contributed by atoms with Crippen molar-refractivity contribution in [1.82, 2.24) is 10.3 Å². The van der Waals surface area contributed by atoms with Crippen LogP contribution >= 0.6 is 0 Å². The predicted octanol–water partition coefficient (Wildman–Crippen LogP) is 3.28. The molecule has 1 saturated heterocycles. The van der Waals surface area contributed by atoms with Crippen LogP contribution in [0.1, 0.15) is 11.1 Å². The molecular formula is C27H30N4O3. The van der Waals surface area contributed by atoms with Gasteiger partial charge in [-0.15, -0.1) is 0 Å². The average molecular weight is 459 g/mol. The highest BCUT2D eigenvalue weighted by molar-refractivity contribution is 5.82. The van der Waals surface area contributed by atoms with Crippen molar-refractivity contribution in [3.05, 3.63) is 78.1 Å². The Hall–Kier alpha value is -3.74. The van der Waals surface area contributed by atoms with E-state index in [0.29, 0.717) is 13.0 Å². The number of carbonyl (C=O) groups excluding carboxylic acids is 1. The molecule has 7 nitrogen and oxygen atoms in total. The van der Waals surface area contributed by atoms with Gasteiger partial charge < -0.3 is 24.6 Å². The Balaban J connectivity index is 1.41. The Morgan fingerprint density at radius 3 is 2.47 bits per heavy atom. The number of benzene rings is 2. The fourth-order valence-electron chi connectivity index (χ4n) is 5.05. The number of methoxy groups -OCH3 is 2. The van der Waals surface area contributed by atoms with Gasteiger partial charge >= 0.3 is 0 Å². The van der Waals surface area contributed by atoms with E-state index in [2.05, 4.69) is 44.4 Å². The van der Waals surface area contributed by atoms with Crippen LogP contribution in [0.25, 0.3) is 0 Å². The Morgan fingerprint density at radius 1 is 1.00 bits per heavy atom. The molecule has 3 heterocycles. The predicted molar refractivity (Wildman–Crippen MR) is 133 cm³/mol. The summed E-state index contributed by atoms with van der Waals surface area (Å²) in [4.78, 5) is 22.3. The molecule has 2 aliphatic rings. The lowest BCUT2D eigenvalue weighted by Gasteiger charge is -2.49. The van der Waals surface area contributed by atoms with E-state index >= 15 is 0 Å². The van der Waals surface area contributed by atoms with Crippen LogP contribution in [0.3, 0.4) is 0 Å². The van der Waals surface area contributed by atoms with Crippen LogP contribution in [0.2, 0.25) is 0 Å². The molecule has 34 heavy (non-hydrogen) atoms. The molecule has 0 radical (unpaired) electrons. The Bertz CT molecular complexity index is 1140. The molecule has 0 unspecified atom stereocenters. The largest absolute Gasteiger partial charge is 0.497 e. The summed E-state index contributed by atoms with van der Waals surface area (Å²) in [6.07, 6.45) is 4.21. The van der Waals surface area contributed by atoms with Crippen molar-refractivity contribution in [2.24, 2.45) is 5.92 Å². The molecule has 2 aliphatic heterocycles. The highest BCUT2D eigenvalue weighted by Crippen LogP contribution is 2.39. The summed E-state index contributed by atoms with van der Waals surface area (Å²) in [5, 5.41) is 3.17. The van der Waals surface area contributed by atoms with E-state index in [-0.39, 0.29) is 17.9 Å². The normalized spacial score (nSPS) is 19.1. The molecule has 1 fully saturated rings. The lowest BCUT2D eigenvalue weighted by Crippen LogP contribution is -2.61. The number of pyridine rings is 1. The number of aromatic nitrogens is 1. The molecule has 3 aromatic rings. The third-order valence-electron chi connectivity index (χ3n) is 6.92. The van der Waals surface area contributed by atoms with Crippen LogP contribution in [0, 0.1) is 5.92 Å². The SMILES string of the molecule is COc1ccc(N2CCN3c4cc(OC)ccc4C[C@H](C(=O)NCc4ccncc4)[C@@H]3C2)cc1. The van der Waals surface area contributed by atoms with Gasteiger partial charge in [0.1, 0.15) is 11.5 Å². The lowest BCUT2D eigenvalue weighted by atomic mass is 9.83. The second-order valence-electron chi connectivity index (χ2n) is 8.78. The molecule has 1 aromatic heterocycles. The summed E-state index contributed by atoms with van der Waals surface area (Å²) in [6, 6.07) is 18.3. The minimum Gasteiger partial charge on any atom is -0.497 e. The minimum atomic E-state index is -0.149. The van der Waals surface area contributed by atoms with E-state index < -0.39 is 0 Å². The molecule has 5 rings (SSSR count). The van der Waals surface area contributed by atoms with Crippen molar-refractivity contribution in [3.8, 4) is 11.5 Å². The number of anilines is 2. The van der Waals surface area contributed by atoms with Crippen LogP contribution < -0.4 is 24.6 Å². The number of nitrogens with one attached hydrogen (secondary N) is 1. The van der Waals surface area contributed by atoms with Crippen molar-refractivity contribution in [1.29, 1.82) is 0 Å². The van der Waals surface area contributed by atoms with Crippen LogP contribution in [0.4, 0.5) is 11.4 Å². The standard InChI is InChI=1S/C27H30N4O3/c1-33-22-7-4-21(5-8-22)30-13-14-31-25-16-23(34-2)6-3-20(25)15-24(26(31)18-30)27(32)29-17-19-9-11-28-12-10-19/h3-12,16,24,26H,13-15,17-18H2,1-2H3,(H,29,32)/t24-,26-/m0/s1. The van der Waals surface area contributed by atoms with Gasteiger partial charge in [0.05, 0.1) is 26.2 Å². The molecule has 2 atom stereocenters. The number of piperazine rings is 1. The molecule has 0 aliphatic carbocycles. The molecule has 176 valence electrons. The first-order chi connectivity index (χ1) is 16.7. The molecule has 0 spiro atoms. The Kier molecular flexibility index (Phi) is 6.25. The summed E-state index contributed by atoms with van der Waals surface area (Å²) in [5.74, 6) is 1.62. The van der Waals surface area contributed by atoms with Gasteiger partial charge in [-0.25, -0.2) is 0 Å². The van der Waals surface area contributed by atoms with E-state index in [0.717, 1.165) is 42.4 Å². The molecule has 1 N–H and O–H groups in total. The zero-order chi connectivity index (χ0) is 23.5. The summed E-state index contributed by atoms with van der Waals surface area (Å²) in [7, 11) is 3.37. The zero-order valence-electron chi connectivity index (χ0n) is 19.6. The van der Waals surface area contributed by atoms with Crippen molar-refractivity contribution in [2.45, 2.75) is 19.0 Å². The van der Waals surface area contributed by atoms with Crippen LogP contribution in [0.15, 0.2) is 67.0 Å². The van der Waals surface area contributed by atoms with Gasteiger partial charge in [0.25, 0.3) is 0 Å². The quantitative estimate of drug-likeness (QED) is 0.612. The number of hydrogen-bond donors (Lipinski definition) is 1. The first-order valence-corrected chi connectivity index (χ1v) is 11.7. The number of nitrogens with zero attached hydrogens (tertiary/aromatic N) is 3. The molecule has 1 amide bonds. The first-order valence-electron chi connectivity index (χ1n) is 11.7. The van der Waals surface area contributed by atoms with E-state index in [1.54, 1.807) is 26.6 Å². The number of amides is 1. The van der Waals surface area contributed by atoms with Crippen molar-refractivity contribution in [2.75, 3.05) is 43.7 Å². The maximum Gasteiger partial charge on any atom is 0.225 e. The highest BCUT2D eigenvalue weighted by Gasteiger charge is 2.41. The molecule has 7 heteroatoms. The molecule has 2 aromatic carbocycles. The molecular weight excluding hydrogens is 428 g/mol. The monoisotopic (exact) mass is 458 g/mol. The van der Waals surface area contributed by atoms with Crippen molar-refractivity contribution in [3.63, 3.8) is 0 Å².